The molecule has 0 amide bonds. The van der Waals surface area contributed by atoms with Crippen molar-refractivity contribution >= 4 is 27.3 Å². The monoisotopic (exact) mass is 290 g/mol. The number of nitrogens with two attached hydrogens (primary N) is 1. The molecule has 0 radical (unpaired) electrons. The first-order chi connectivity index (χ1) is 8.49. The second-order valence-electron chi connectivity index (χ2n) is 4.27. The second kappa shape index (κ2) is 5.44. The van der Waals surface area contributed by atoms with Crippen molar-refractivity contribution < 1.29 is 13.2 Å². The predicted octanol–water partition coefficient (Wildman–Crippen LogP) is 1.24. The average Bonchev–Trinajstić information content (AvgIpc) is 2.78. The maximum absolute atomic E-state index is 12.0. The van der Waals surface area contributed by atoms with E-state index in [2.05, 4.69) is 4.72 Å². The van der Waals surface area contributed by atoms with Crippen LogP contribution >= 0.6 is 11.6 Å². The number of nitrogen functional groups attached to an aromatic ring is 1. The highest BCUT2D eigenvalue weighted by atomic mass is 35.5. The van der Waals surface area contributed by atoms with E-state index >= 15 is 0 Å². The van der Waals surface area contributed by atoms with Crippen molar-refractivity contribution in [1.82, 2.24) is 4.72 Å². The normalized spacial score (nSPS) is 20.2. The molecule has 7 heteroatoms. The number of hydrogen-bond acceptors (Lipinski definition) is 4. The number of sulfonamides is 1. The van der Waals surface area contributed by atoms with E-state index in [0.29, 0.717) is 25.4 Å². The molecule has 0 bridgehead atoms. The summed E-state index contributed by atoms with van der Waals surface area (Å²) >= 11 is 5.89. The topological polar surface area (TPSA) is 81.4 Å². The molecule has 1 unspecified atom stereocenters. The quantitative estimate of drug-likeness (QED) is 0.818. The van der Waals surface area contributed by atoms with Gasteiger partial charge in [-0.3, -0.25) is 0 Å². The summed E-state index contributed by atoms with van der Waals surface area (Å²) in [5.41, 5.74) is 5.96. The third kappa shape index (κ3) is 3.14. The number of halogens is 1. The Balaban J connectivity index is 2.09. The van der Waals surface area contributed by atoms with Gasteiger partial charge in [-0.05, 0) is 30.5 Å². The van der Waals surface area contributed by atoms with E-state index in [1.54, 1.807) is 0 Å². The number of hydrogen-bond donors (Lipinski definition) is 2. The molecular formula is C11H15ClN2O3S. The van der Waals surface area contributed by atoms with Crippen molar-refractivity contribution in [3.8, 4) is 0 Å². The minimum Gasteiger partial charge on any atom is -0.399 e. The Hall–Kier alpha value is -0.820. The molecule has 0 aliphatic carbocycles. The van der Waals surface area contributed by atoms with E-state index in [9.17, 15) is 8.42 Å². The summed E-state index contributed by atoms with van der Waals surface area (Å²) in [6, 6.07) is 4.35. The highest BCUT2D eigenvalue weighted by Crippen LogP contribution is 2.23. The summed E-state index contributed by atoms with van der Waals surface area (Å²) in [6.07, 6.45) is 0.873. The average molecular weight is 291 g/mol. The summed E-state index contributed by atoms with van der Waals surface area (Å²) in [4.78, 5) is 0.0530. The Morgan fingerprint density at radius 1 is 1.50 bits per heavy atom. The third-order valence-electron chi connectivity index (χ3n) is 2.83. The number of nitrogens with one attached hydrogen (secondary N) is 1. The molecule has 1 saturated heterocycles. The maximum atomic E-state index is 12.0. The fraction of sp³-hybridized carbons (Fsp3) is 0.455. The van der Waals surface area contributed by atoms with E-state index in [0.717, 1.165) is 6.42 Å². The first-order valence-corrected chi connectivity index (χ1v) is 7.47. The molecule has 18 heavy (non-hydrogen) atoms. The molecule has 1 fully saturated rings. The van der Waals surface area contributed by atoms with Gasteiger partial charge in [-0.2, -0.15) is 0 Å². The molecule has 1 heterocycles. The summed E-state index contributed by atoms with van der Waals surface area (Å²) in [6.45, 7) is 1.65. The number of rotatable bonds is 4. The second-order valence-corrected chi connectivity index (χ2v) is 6.41. The largest absolute Gasteiger partial charge is 0.399 e. The van der Waals surface area contributed by atoms with Crippen LogP contribution < -0.4 is 10.5 Å². The van der Waals surface area contributed by atoms with E-state index < -0.39 is 10.0 Å². The zero-order chi connectivity index (χ0) is 13.2. The molecule has 3 N–H and O–H groups in total. The highest BCUT2D eigenvalue weighted by molar-refractivity contribution is 7.89. The standard InChI is InChI=1S/C11H15ClN2O3S/c12-10-5-9(13)1-2-11(10)18(15,16)14-6-8-3-4-17-7-8/h1-2,5,8,14H,3-4,6-7,13H2. The van der Waals surface area contributed by atoms with Gasteiger partial charge < -0.3 is 10.5 Å². The van der Waals surface area contributed by atoms with E-state index in [1.807, 2.05) is 0 Å². The molecule has 100 valence electrons. The summed E-state index contributed by atoms with van der Waals surface area (Å²) < 4.78 is 31.8. The van der Waals surface area contributed by atoms with Crippen molar-refractivity contribution in [1.29, 1.82) is 0 Å². The Morgan fingerprint density at radius 3 is 2.89 bits per heavy atom. The maximum Gasteiger partial charge on any atom is 0.242 e. The van der Waals surface area contributed by atoms with Crippen LogP contribution in [0.4, 0.5) is 5.69 Å². The molecule has 1 aromatic carbocycles. The van der Waals surface area contributed by atoms with Crippen molar-refractivity contribution in [2.24, 2.45) is 5.92 Å². The third-order valence-corrected chi connectivity index (χ3v) is 4.74. The molecule has 1 aliphatic heterocycles. The number of ether oxygens (including phenoxy) is 1. The van der Waals surface area contributed by atoms with Gasteiger partial charge >= 0.3 is 0 Å². The zero-order valence-electron chi connectivity index (χ0n) is 9.73. The molecular weight excluding hydrogens is 276 g/mol. The molecule has 1 aliphatic rings. The van der Waals surface area contributed by atoms with Crippen LogP contribution in [0.2, 0.25) is 5.02 Å². The van der Waals surface area contributed by atoms with Crippen LogP contribution in [0.15, 0.2) is 23.1 Å². The zero-order valence-corrected chi connectivity index (χ0v) is 11.3. The Labute approximate surface area is 111 Å². The first kappa shape index (κ1) is 13.6. The van der Waals surface area contributed by atoms with Gasteiger partial charge in [0.1, 0.15) is 4.90 Å². The van der Waals surface area contributed by atoms with Crippen LogP contribution in [0.1, 0.15) is 6.42 Å². The van der Waals surface area contributed by atoms with Gasteiger partial charge in [0.05, 0.1) is 11.6 Å². The van der Waals surface area contributed by atoms with Gasteiger partial charge in [0.25, 0.3) is 0 Å². The Kier molecular flexibility index (Phi) is 4.11. The minimum atomic E-state index is -3.59. The van der Waals surface area contributed by atoms with Gasteiger partial charge in [-0.25, -0.2) is 13.1 Å². The Morgan fingerprint density at radius 2 is 2.28 bits per heavy atom. The fourth-order valence-electron chi connectivity index (χ4n) is 1.78. The summed E-state index contributed by atoms with van der Waals surface area (Å²) in [5, 5.41) is 0.130. The van der Waals surface area contributed by atoms with Crippen LogP contribution in [0.25, 0.3) is 0 Å². The van der Waals surface area contributed by atoms with Gasteiger partial charge in [0.15, 0.2) is 0 Å². The minimum absolute atomic E-state index is 0.0530. The molecule has 2 rings (SSSR count). The molecule has 0 aromatic heterocycles. The van der Waals surface area contributed by atoms with Crippen molar-refractivity contribution in [3.05, 3.63) is 23.2 Å². The lowest BCUT2D eigenvalue weighted by Crippen LogP contribution is -2.29. The van der Waals surface area contributed by atoms with E-state index in [4.69, 9.17) is 22.1 Å². The van der Waals surface area contributed by atoms with Gasteiger partial charge in [-0.1, -0.05) is 11.6 Å². The van der Waals surface area contributed by atoms with E-state index in [1.165, 1.54) is 18.2 Å². The van der Waals surface area contributed by atoms with Crippen LogP contribution in [-0.4, -0.2) is 28.2 Å². The SMILES string of the molecule is Nc1ccc(S(=O)(=O)NCC2CCOC2)c(Cl)c1. The van der Waals surface area contributed by atoms with Gasteiger partial charge in [0.2, 0.25) is 10.0 Å². The van der Waals surface area contributed by atoms with E-state index in [-0.39, 0.29) is 15.8 Å². The molecule has 1 atom stereocenters. The number of anilines is 1. The molecule has 1 aromatic rings. The van der Waals surface area contributed by atoms with Gasteiger partial charge in [0, 0.05) is 18.8 Å². The fourth-order valence-corrected chi connectivity index (χ4v) is 3.45. The van der Waals surface area contributed by atoms with Crippen molar-refractivity contribution in [2.45, 2.75) is 11.3 Å². The van der Waals surface area contributed by atoms with Crippen molar-refractivity contribution in [2.75, 3.05) is 25.5 Å². The lowest BCUT2D eigenvalue weighted by atomic mass is 10.1. The Bertz CT molecular complexity index is 527. The van der Waals surface area contributed by atoms with Crippen LogP contribution in [0.3, 0.4) is 0 Å². The lowest BCUT2D eigenvalue weighted by Gasteiger charge is -2.11. The smallest absolute Gasteiger partial charge is 0.242 e. The van der Waals surface area contributed by atoms with Crippen LogP contribution in [0.5, 0.6) is 0 Å². The molecule has 0 spiro atoms. The molecule has 5 nitrogen and oxygen atoms in total. The van der Waals surface area contributed by atoms with Crippen LogP contribution in [0, 0.1) is 5.92 Å². The van der Waals surface area contributed by atoms with Gasteiger partial charge in [-0.15, -0.1) is 0 Å². The lowest BCUT2D eigenvalue weighted by molar-refractivity contribution is 0.186. The summed E-state index contributed by atoms with van der Waals surface area (Å²) in [5.74, 6) is 0.229. The predicted molar refractivity (Wildman–Crippen MR) is 70.0 cm³/mol. The first-order valence-electron chi connectivity index (χ1n) is 5.61. The summed E-state index contributed by atoms with van der Waals surface area (Å²) in [7, 11) is -3.59. The molecule has 0 saturated carbocycles. The van der Waals surface area contributed by atoms with Crippen molar-refractivity contribution in [3.63, 3.8) is 0 Å². The highest BCUT2D eigenvalue weighted by Gasteiger charge is 2.21. The number of benzene rings is 1. The van der Waals surface area contributed by atoms with Crippen LogP contribution in [-0.2, 0) is 14.8 Å².